The summed E-state index contributed by atoms with van der Waals surface area (Å²) in [6.45, 7) is 1.26. The predicted octanol–water partition coefficient (Wildman–Crippen LogP) is 2.07. The number of benzene rings is 2. The van der Waals surface area contributed by atoms with Gasteiger partial charge in [0.2, 0.25) is 39.2 Å². The molecule has 0 saturated heterocycles. The van der Waals surface area contributed by atoms with Crippen LogP contribution in [0.3, 0.4) is 0 Å². The van der Waals surface area contributed by atoms with Crippen LogP contribution in [0.15, 0.2) is 42.5 Å². The highest BCUT2D eigenvalue weighted by molar-refractivity contribution is 6.55. The van der Waals surface area contributed by atoms with Gasteiger partial charge in [-0.2, -0.15) is 0 Å². The van der Waals surface area contributed by atoms with E-state index in [-0.39, 0.29) is 57.7 Å². The Morgan fingerprint density at radius 1 is 0.872 bits per heavy atom. The Labute approximate surface area is 230 Å². The van der Waals surface area contributed by atoms with Crippen molar-refractivity contribution < 1.29 is 42.9 Å². The molecule has 0 fully saturated rings. The molecule has 6 radical (unpaired) electrons. The van der Waals surface area contributed by atoms with E-state index in [1.54, 1.807) is 42.5 Å². The van der Waals surface area contributed by atoms with Crippen LogP contribution in [0.1, 0.15) is 29.5 Å². The van der Waals surface area contributed by atoms with E-state index in [1.165, 1.54) is 18.8 Å². The van der Waals surface area contributed by atoms with E-state index in [0.29, 0.717) is 28.1 Å². The van der Waals surface area contributed by atoms with Crippen LogP contribution in [-0.2, 0) is 48.4 Å². The number of amides is 2. The third-order valence-electron chi connectivity index (χ3n) is 4.94. The zero-order chi connectivity index (χ0) is 29.2. The van der Waals surface area contributed by atoms with Gasteiger partial charge >= 0.3 is 0 Å². The summed E-state index contributed by atoms with van der Waals surface area (Å²) in [6.07, 6.45) is -0.108. The fraction of sp³-hybridized carbons (Fsp3) is 0.320. The first-order chi connectivity index (χ1) is 18.7. The van der Waals surface area contributed by atoms with Gasteiger partial charge in [-0.1, -0.05) is 25.0 Å². The SMILES string of the molecule is [B]C.[B]C(=O)OCc1ccc(N(COc2ccc(COC([B])=O)cc2COC=O)C(=O)CCC(=O)NC)cc1. The lowest BCUT2D eigenvalue weighted by Gasteiger charge is -2.24. The van der Waals surface area contributed by atoms with E-state index in [0.717, 1.165) is 0 Å². The van der Waals surface area contributed by atoms with Gasteiger partial charge < -0.3 is 24.3 Å². The van der Waals surface area contributed by atoms with E-state index in [9.17, 15) is 24.0 Å². The lowest BCUT2D eigenvalue weighted by atomic mass is 10.1. The molecule has 0 aliphatic heterocycles. The molecule has 0 aliphatic carbocycles. The van der Waals surface area contributed by atoms with Crippen LogP contribution in [-0.4, -0.2) is 67.3 Å². The van der Waals surface area contributed by atoms with Crippen molar-refractivity contribution in [2.75, 3.05) is 18.7 Å². The number of ether oxygens (including phenoxy) is 4. The van der Waals surface area contributed by atoms with Crippen molar-refractivity contribution in [2.24, 2.45) is 0 Å². The van der Waals surface area contributed by atoms with Gasteiger partial charge in [0.05, 0.1) is 7.85 Å². The van der Waals surface area contributed by atoms with Crippen molar-refractivity contribution in [3.05, 3.63) is 59.2 Å². The largest absolute Gasteiger partial charge is 0.472 e. The molecule has 200 valence electrons. The normalized spacial score (nSPS) is 9.69. The van der Waals surface area contributed by atoms with Gasteiger partial charge in [0.15, 0.2) is 6.73 Å². The molecule has 0 bridgehead atoms. The maximum Gasteiger partial charge on any atom is 0.293 e. The van der Waals surface area contributed by atoms with E-state index >= 15 is 0 Å². The van der Waals surface area contributed by atoms with Gasteiger partial charge in [0.25, 0.3) is 6.47 Å². The quantitative estimate of drug-likeness (QED) is 0.168. The van der Waals surface area contributed by atoms with E-state index < -0.39 is 11.7 Å². The average Bonchev–Trinajstić information content (AvgIpc) is 2.94. The number of nitrogens with zero attached hydrogens (tertiary/aromatic N) is 1. The van der Waals surface area contributed by atoms with Crippen molar-refractivity contribution in [1.29, 1.82) is 0 Å². The van der Waals surface area contributed by atoms with Crippen molar-refractivity contribution in [3.63, 3.8) is 0 Å². The van der Waals surface area contributed by atoms with Gasteiger partial charge in [-0.15, -0.1) is 0 Å². The molecular formula is C25H27B3N2O9. The summed E-state index contributed by atoms with van der Waals surface area (Å²) in [5.74, 6) is -2.23. The first-order valence-electron chi connectivity index (χ1n) is 11.6. The summed E-state index contributed by atoms with van der Waals surface area (Å²) in [5, 5.41) is 2.46. The first-order valence-corrected chi connectivity index (χ1v) is 11.6. The molecule has 11 nitrogen and oxygen atoms in total. The topological polar surface area (TPSA) is 138 Å². The number of rotatable bonds is 14. The highest BCUT2D eigenvalue weighted by Crippen LogP contribution is 2.24. The van der Waals surface area contributed by atoms with Crippen LogP contribution >= 0.6 is 0 Å². The van der Waals surface area contributed by atoms with Crippen molar-refractivity contribution in [1.82, 2.24) is 5.32 Å². The Balaban J connectivity index is 0.00000371. The van der Waals surface area contributed by atoms with Gasteiger partial charge in [0, 0.05) is 31.1 Å². The molecule has 0 aromatic heterocycles. The fourth-order valence-electron chi connectivity index (χ4n) is 3.09. The minimum atomic E-state index is -0.941. The van der Waals surface area contributed by atoms with Crippen LogP contribution in [0.25, 0.3) is 0 Å². The Hall–Kier alpha value is -4.22. The first kappa shape index (κ1) is 32.8. The summed E-state index contributed by atoms with van der Waals surface area (Å²) in [7, 11) is 16.0. The molecule has 0 spiro atoms. The smallest absolute Gasteiger partial charge is 0.293 e. The zero-order valence-corrected chi connectivity index (χ0v) is 21.7. The average molecular weight is 532 g/mol. The van der Waals surface area contributed by atoms with Crippen LogP contribution in [0.4, 0.5) is 15.3 Å². The fourth-order valence-corrected chi connectivity index (χ4v) is 3.09. The van der Waals surface area contributed by atoms with Crippen molar-refractivity contribution in [2.45, 2.75) is 39.5 Å². The van der Waals surface area contributed by atoms with Gasteiger partial charge in [-0.3, -0.25) is 28.9 Å². The number of anilines is 1. The Morgan fingerprint density at radius 2 is 1.46 bits per heavy atom. The molecule has 0 aliphatic rings. The molecule has 2 amide bonds. The summed E-state index contributed by atoms with van der Waals surface area (Å²) in [6, 6.07) is 11.3. The minimum absolute atomic E-state index is 0.0245. The second kappa shape index (κ2) is 18.1. The highest BCUT2D eigenvalue weighted by atomic mass is 16.5. The molecule has 2 aromatic rings. The highest BCUT2D eigenvalue weighted by Gasteiger charge is 2.19. The molecule has 39 heavy (non-hydrogen) atoms. The van der Waals surface area contributed by atoms with Crippen LogP contribution in [0, 0.1) is 0 Å². The third-order valence-corrected chi connectivity index (χ3v) is 4.94. The van der Waals surface area contributed by atoms with Crippen molar-refractivity contribution >= 4 is 59.3 Å². The molecular weight excluding hydrogens is 505 g/mol. The number of hydrogen-bond donors (Lipinski definition) is 1. The number of hydrogen-bond acceptors (Lipinski definition) is 9. The summed E-state index contributed by atoms with van der Waals surface area (Å²) >= 11 is 0. The summed E-state index contributed by atoms with van der Waals surface area (Å²) in [5.41, 5.74) is 2.13. The Morgan fingerprint density at radius 3 is 2.03 bits per heavy atom. The standard InChI is InChI=1S/C24H24B2N2O9.CH3B/c1-27-21(30)8-9-22(31)28(19-5-2-16(3-6-19)11-35-23(25)32)14-37-20-7-4-17(12-36-24(26)33)10-18(20)13-34-15-29;1-2/h2-7,10,15H,8-9,11-14H2,1H3,(H,27,30);1H3. The monoisotopic (exact) mass is 532 g/mol. The van der Waals surface area contributed by atoms with Crippen molar-refractivity contribution in [3.8, 4) is 5.75 Å². The summed E-state index contributed by atoms with van der Waals surface area (Å²) < 4.78 is 20.3. The van der Waals surface area contributed by atoms with Gasteiger partial charge in [-0.25, -0.2) is 0 Å². The predicted molar refractivity (Wildman–Crippen MR) is 144 cm³/mol. The molecule has 0 saturated carbocycles. The van der Waals surface area contributed by atoms with Gasteiger partial charge in [0.1, 0.15) is 25.6 Å². The second-order valence-electron chi connectivity index (χ2n) is 7.50. The lowest BCUT2D eigenvalue weighted by molar-refractivity contribution is -0.129. The molecule has 14 heteroatoms. The summed E-state index contributed by atoms with van der Waals surface area (Å²) in [4.78, 5) is 58.4. The molecule has 0 unspecified atom stereocenters. The third kappa shape index (κ3) is 12.3. The van der Waals surface area contributed by atoms with E-state index in [2.05, 4.69) is 13.2 Å². The molecule has 0 atom stereocenters. The van der Waals surface area contributed by atoms with Gasteiger partial charge in [-0.05, 0) is 35.4 Å². The van der Waals surface area contributed by atoms with E-state index in [1.807, 2.05) is 0 Å². The Kier molecular flexibility index (Phi) is 15.2. The number of nitrogens with one attached hydrogen (secondary N) is 1. The zero-order valence-electron chi connectivity index (χ0n) is 21.7. The maximum absolute atomic E-state index is 13.0. The van der Waals surface area contributed by atoms with Crippen LogP contribution < -0.4 is 15.0 Å². The van der Waals surface area contributed by atoms with E-state index in [4.69, 9.17) is 34.6 Å². The number of carbonyl (C=O) groups excluding carboxylic acids is 5. The Bertz CT molecular complexity index is 1110. The molecule has 0 heterocycles. The van der Waals surface area contributed by atoms with Crippen LogP contribution in [0.5, 0.6) is 5.75 Å². The number of carbonyl (C=O) groups is 5. The second-order valence-corrected chi connectivity index (χ2v) is 7.50. The van der Waals surface area contributed by atoms with Crippen LogP contribution in [0.2, 0.25) is 6.82 Å². The minimum Gasteiger partial charge on any atom is -0.472 e. The molecule has 2 rings (SSSR count). The molecule has 1 N–H and O–H groups in total. The lowest BCUT2D eigenvalue weighted by Crippen LogP contribution is -2.35. The maximum atomic E-state index is 13.0. The molecule has 2 aromatic carbocycles.